The van der Waals surface area contributed by atoms with E-state index in [1.807, 2.05) is 99.6 Å². The molecule has 0 amide bonds. The first-order valence-electron chi connectivity index (χ1n) is 25.0. The Labute approximate surface area is 435 Å². The molecule has 0 atom stereocenters. The molecule has 8 heteroatoms. The van der Waals surface area contributed by atoms with Gasteiger partial charge in [0.05, 0.1) is 28.0 Å². The number of para-hydroxylation sites is 2. The first-order chi connectivity index (χ1) is 34.9. The number of rotatable bonds is 8. The quantitative estimate of drug-likeness (QED) is 0.142. The van der Waals surface area contributed by atoms with Crippen LogP contribution >= 0.6 is 0 Å². The first-order valence-corrected chi connectivity index (χ1v) is 24.0. The monoisotopic (exact) mass is 1130 g/mol. The number of pyridine rings is 1. The fraction of sp³-hybridized carbons (Fsp3) is 0.188. The number of alkyl halides is 3. The van der Waals surface area contributed by atoms with E-state index in [0.29, 0.717) is 44.5 Å². The Morgan fingerprint density at radius 3 is 1.92 bits per heavy atom. The van der Waals surface area contributed by atoms with Crippen molar-refractivity contribution < 1.29 is 40.4 Å². The van der Waals surface area contributed by atoms with Gasteiger partial charge in [-0.2, -0.15) is 13.2 Å². The van der Waals surface area contributed by atoms with Crippen molar-refractivity contribution in [2.75, 3.05) is 0 Å². The molecule has 11 rings (SSSR count). The number of halogens is 3. The zero-order valence-electron chi connectivity index (χ0n) is 43.1. The molecule has 0 aliphatic rings. The maximum atomic E-state index is 14.5. The topological polar surface area (TPSA) is 43.9 Å². The van der Waals surface area contributed by atoms with Crippen LogP contribution in [0.1, 0.15) is 85.3 Å². The number of nitrogens with zero attached hydrogens (tertiary/aromatic N) is 3. The summed E-state index contributed by atoms with van der Waals surface area (Å²) < 4.78 is 68.9. The van der Waals surface area contributed by atoms with E-state index in [0.717, 1.165) is 44.3 Å². The molecule has 0 saturated carbocycles. The van der Waals surface area contributed by atoms with Crippen molar-refractivity contribution >= 4 is 43.7 Å². The Bertz CT molecular complexity index is 3760. The van der Waals surface area contributed by atoms with Gasteiger partial charge in [-0.1, -0.05) is 156 Å². The second kappa shape index (κ2) is 20.2. The first kappa shape index (κ1) is 47.2. The average molecular weight is 1130 g/mol. The van der Waals surface area contributed by atoms with Gasteiger partial charge < -0.3 is 14.0 Å². The molecular formula is C64H54F3IrN3O-2. The third-order valence-electron chi connectivity index (χ3n) is 12.7. The summed E-state index contributed by atoms with van der Waals surface area (Å²) in [6.07, 6.45) is -4.31. The SMILES string of the molecule is CC(C)c1cc(-c2ccccc2)cc(C(C)C)c1-n1c(-c2[c-]ccc3c2oc2c4cc(-c5ccccc5)c(C(F)(F)F)cc4ccc32)nc2ccccc21.[2H]C([2H])(c1ccc(-c2[c-]cccc2)nc1)C(C)(C)C.[Ir]. The normalized spacial score (nSPS) is 12.6. The molecule has 363 valence electrons. The van der Waals surface area contributed by atoms with Crippen molar-refractivity contribution in [3.05, 3.63) is 210 Å². The van der Waals surface area contributed by atoms with Gasteiger partial charge in [-0.25, -0.2) is 0 Å². The Morgan fingerprint density at radius 2 is 1.29 bits per heavy atom. The molecule has 0 fully saturated rings. The van der Waals surface area contributed by atoms with Crippen LogP contribution in [0.4, 0.5) is 13.2 Å². The fourth-order valence-corrected chi connectivity index (χ4v) is 9.48. The molecule has 72 heavy (non-hydrogen) atoms. The van der Waals surface area contributed by atoms with Crippen LogP contribution in [0, 0.1) is 17.5 Å². The van der Waals surface area contributed by atoms with Crippen LogP contribution in [0.3, 0.4) is 0 Å². The Hall–Kier alpha value is -7.12. The van der Waals surface area contributed by atoms with Gasteiger partial charge in [0.25, 0.3) is 0 Å². The maximum Gasteiger partial charge on any atom is 0.417 e. The van der Waals surface area contributed by atoms with Crippen molar-refractivity contribution in [3.63, 3.8) is 0 Å². The third kappa shape index (κ3) is 9.91. The van der Waals surface area contributed by atoms with E-state index in [-0.39, 0.29) is 37.5 Å². The third-order valence-corrected chi connectivity index (χ3v) is 12.7. The van der Waals surface area contributed by atoms with Crippen LogP contribution in [0.5, 0.6) is 0 Å². The van der Waals surface area contributed by atoms with Gasteiger partial charge in [-0.15, -0.1) is 54.1 Å². The standard InChI is InChI=1S/C48H36F3N2O.C16H18N.Ir/c1-28(2)37-24-33(30-14-7-5-8-15-30)25-38(29(3)4)44(37)53-43-21-12-11-20-42(43)52-47(53)36-19-13-18-34-35-23-22-32-26-41(48(49,50)51)39(31-16-9-6-10-17-31)27-40(32)46(35)54-45(34)36;1-16(2,3)11-13-9-10-15(17-12-13)14-7-5-4-6-8-14;/h5-18,20-29H,1-4H3;4-7,9-10,12H,11H2,1-3H3;/q2*-1;/i;11D2;. The molecule has 0 N–H and O–H groups in total. The number of benzene rings is 8. The maximum absolute atomic E-state index is 14.5. The average Bonchev–Trinajstić information content (AvgIpc) is 3.97. The molecule has 0 unspecified atom stereocenters. The summed E-state index contributed by atoms with van der Waals surface area (Å²) in [5.74, 6) is 1.06. The van der Waals surface area contributed by atoms with Crippen molar-refractivity contribution in [1.29, 1.82) is 0 Å². The Balaban J connectivity index is 0.000000284. The van der Waals surface area contributed by atoms with Crippen molar-refractivity contribution in [2.24, 2.45) is 5.41 Å². The number of hydrogen-bond acceptors (Lipinski definition) is 3. The van der Waals surface area contributed by atoms with Crippen molar-refractivity contribution in [2.45, 2.75) is 72.9 Å². The minimum absolute atomic E-state index is 0. The predicted octanol–water partition coefficient (Wildman–Crippen LogP) is 18.3. The van der Waals surface area contributed by atoms with Gasteiger partial charge in [0, 0.05) is 45.5 Å². The number of furan rings is 1. The molecule has 3 heterocycles. The fourth-order valence-electron chi connectivity index (χ4n) is 9.48. The number of fused-ring (bicyclic) bond motifs is 6. The van der Waals surface area contributed by atoms with Crippen LogP contribution in [0.25, 0.3) is 94.3 Å². The zero-order chi connectivity index (χ0) is 51.4. The number of aromatic nitrogens is 3. The molecule has 0 bridgehead atoms. The van der Waals surface area contributed by atoms with Gasteiger partial charge in [0.1, 0.15) is 5.58 Å². The minimum atomic E-state index is -4.54. The predicted molar refractivity (Wildman–Crippen MR) is 286 cm³/mol. The van der Waals surface area contributed by atoms with E-state index >= 15 is 0 Å². The van der Waals surface area contributed by atoms with Crippen LogP contribution in [0.2, 0.25) is 0 Å². The number of imidazole rings is 1. The summed E-state index contributed by atoms with van der Waals surface area (Å²) in [6.45, 7) is 14.6. The smallest absolute Gasteiger partial charge is 0.417 e. The minimum Gasteiger partial charge on any atom is -0.500 e. The summed E-state index contributed by atoms with van der Waals surface area (Å²) in [5.41, 5.74) is 11.2. The van der Waals surface area contributed by atoms with E-state index in [4.69, 9.17) is 12.1 Å². The Morgan fingerprint density at radius 1 is 0.639 bits per heavy atom. The van der Waals surface area contributed by atoms with E-state index in [1.54, 1.807) is 48.7 Å². The summed E-state index contributed by atoms with van der Waals surface area (Å²) in [4.78, 5) is 9.62. The van der Waals surface area contributed by atoms with E-state index in [2.05, 4.69) is 91.8 Å². The summed E-state index contributed by atoms with van der Waals surface area (Å²) in [5, 5.41) is 2.71. The second-order valence-corrected chi connectivity index (χ2v) is 19.6. The van der Waals surface area contributed by atoms with Gasteiger partial charge in [0.2, 0.25) is 0 Å². The molecule has 0 aliphatic carbocycles. The van der Waals surface area contributed by atoms with E-state index < -0.39 is 23.5 Å². The van der Waals surface area contributed by atoms with Gasteiger partial charge >= 0.3 is 6.18 Å². The van der Waals surface area contributed by atoms with Crippen LogP contribution in [-0.4, -0.2) is 14.5 Å². The largest absolute Gasteiger partial charge is 0.500 e. The van der Waals surface area contributed by atoms with Crippen LogP contribution < -0.4 is 0 Å². The molecule has 0 saturated heterocycles. The molecular weight excluding hydrogens is 1080 g/mol. The summed E-state index contributed by atoms with van der Waals surface area (Å²) in [6, 6.07) is 60.1. The van der Waals surface area contributed by atoms with Gasteiger partial charge in [-0.05, 0) is 110 Å². The molecule has 0 spiro atoms. The molecule has 0 aliphatic heterocycles. The van der Waals surface area contributed by atoms with Crippen LogP contribution in [0.15, 0.2) is 180 Å². The summed E-state index contributed by atoms with van der Waals surface area (Å²) >= 11 is 0. The van der Waals surface area contributed by atoms with Crippen molar-refractivity contribution in [1.82, 2.24) is 14.5 Å². The zero-order valence-corrected chi connectivity index (χ0v) is 43.5. The Kier molecular flexibility index (Phi) is 13.2. The molecule has 4 nitrogen and oxygen atoms in total. The van der Waals surface area contributed by atoms with Gasteiger partial charge in [-0.3, -0.25) is 4.98 Å². The van der Waals surface area contributed by atoms with Gasteiger partial charge in [0.15, 0.2) is 0 Å². The van der Waals surface area contributed by atoms with Crippen molar-refractivity contribution in [3.8, 4) is 50.6 Å². The molecule has 3 aromatic heterocycles. The van der Waals surface area contributed by atoms with E-state index in [1.165, 1.54) is 22.8 Å². The number of hydrogen-bond donors (Lipinski definition) is 0. The summed E-state index contributed by atoms with van der Waals surface area (Å²) in [7, 11) is 0. The second-order valence-electron chi connectivity index (χ2n) is 19.6. The molecule has 11 aromatic rings. The van der Waals surface area contributed by atoms with Crippen LogP contribution in [-0.2, 0) is 32.7 Å². The van der Waals surface area contributed by atoms with E-state index in [9.17, 15) is 13.2 Å². The molecule has 1 radical (unpaired) electrons. The molecule has 8 aromatic carbocycles.